The van der Waals surface area contributed by atoms with Crippen LogP contribution >= 0.6 is 0 Å². The van der Waals surface area contributed by atoms with Crippen molar-refractivity contribution in [1.29, 1.82) is 0 Å². The average molecular weight is 838 g/mol. The molecule has 0 fully saturated rings. The molecule has 0 aliphatic carbocycles. The Hall–Kier alpha value is -1.91. The number of hydrogen-bond donors (Lipinski definition) is 3. The van der Waals surface area contributed by atoms with Crippen LogP contribution in [0.2, 0.25) is 0 Å². The second-order valence-corrected chi connectivity index (χ2v) is 17.9. The van der Waals surface area contributed by atoms with E-state index in [1.807, 2.05) is 6.08 Å². The topological polar surface area (TPSA) is 69.6 Å². The molecular weight excluding hydrogens is 735 g/mol. The van der Waals surface area contributed by atoms with Gasteiger partial charge in [-0.15, -0.1) is 0 Å². The van der Waals surface area contributed by atoms with Gasteiger partial charge >= 0.3 is 0 Å². The summed E-state index contributed by atoms with van der Waals surface area (Å²) in [5.74, 6) is -0.0772. The number of rotatable bonds is 48. The maximum atomic E-state index is 12.4. The van der Waals surface area contributed by atoms with Crippen LogP contribution in [-0.4, -0.2) is 34.9 Å². The minimum Gasteiger partial charge on any atom is -0.394 e. The van der Waals surface area contributed by atoms with Gasteiger partial charge in [0.25, 0.3) is 0 Å². The van der Waals surface area contributed by atoms with Gasteiger partial charge in [0.15, 0.2) is 0 Å². The highest BCUT2D eigenvalue weighted by Crippen LogP contribution is 2.16. The van der Waals surface area contributed by atoms with Crippen LogP contribution in [0.4, 0.5) is 0 Å². The number of amides is 1. The minimum absolute atomic E-state index is 0.0772. The third-order valence-electron chi connectivity index (χ3n) is 12.0. The van der Waals surface area contributed by atoms with Crippen molar-refractivity contribution in [2.24, 2.45) is 0 Å². The lowest BCUT2D eigenvalue weighted by atomic mass is 10.0. The Balaban J connectivity index is 3.58. The molecule has 0 heterocycles. The zero-order chi connectivity index (χ0) is 43.5. The van der Waals surface area contributed by atoms with Crippen LogP contribution in [0.25, 0.3) is 0 Å². The molecular formula is C56H103NO3. The first kappa shape index (κ1) is 58.1. The van der Waals surface area contributed by atoms with Crippen LogP contribution in [-0.2, 0) is 4.79 Å². The predicted molar refractivity (Wildman–Crippen MR) is 267 cm³/mol. The number of unbranched alkanes of at least 4 members (excludes halogenated alkanes) is 33. The Morgan fingerprint density at radius 1 is 0.400 bits per heavy atom. The number of carbonyl (C=O) groups excluding carboxylic acids is 1. The summed E-state index contributed by atoms with van der Waals surface area (Å²) in [7, 11) is 0. The second-order valence-electron chi connectivity index (χ2n) is 17.9. The van der Waals surface area contributed by atoms with E-state index in [1.54, 1.807) is 6.08 Å². The molecule has 2 atom stereocenters. The van der Waals surface area contributed by atoms with E-state index in [0.29, 0.717) is 6.42 Å². The SMILES string of the molecule is CCCCCCC/C=C\C/C=C\C/C=C\CCCCCCCCCCCCC(=O)NC(CO)C(O)/C=C/CC/C=C/CCCCCCCCCCCCCCCCCCC. The van der Waals surface area contributed by atoms with Crippen molar-refractivity contribution < 1.29 is 15.0 Å². The summed E-state index contributed by atoms with van der Waals surface area (Å²) in [6, 6.07) is -0.644. The first-order chi connectivity index (χ1) is 29.7. The Kier molecular flexibility index (Phi) is 49.8. The molecule has 1 amide bonds. The van der Waals surface area contributed by atoms with Crippen molar-refractivity contribution in [3.8, 4) is 0 Å². The number of hydrogen-bond acceptors (Lipinski definition) is 3. The molecule has 0 radical (unpaired) electrons. The van der Waals surface area contributed by atoms with E-state index < -0.39 is 12.1 Å². The smallest absolute Gasteiger partial charge is 0.220 e. The molecule has 0 rings (SSSR count). The molecule has 3 N–H and O–H groups in total. The van der Waals surface area contributed by atoms with Crippen molar-refractivity contribution in [2.45, 2.75) is 283 Å². The highest BCUT2D eigenvalue weighted by molar-refractivity contribution is 5.76. The summed E-state index contributed by atoms with van der Waals surface area (Å²) in [6.07, 6.45) is 72.2. The van der Waals surface area contributed by atoms with Gasteiger partial charge in [0.1, 0.15) is 0 Å². The molecule has 0 aliphatic heterocycles. The van der Waals surface area contributed by atoms with Crippen LogP contribution in [0.15, 0.2) is 60.8 Å². The third-order valence-corrected chi connectivity index (χ3v) is 12.0. The fourth-order valence-electron chi connectivity index (χ4n) is 7.91. The van der Waals surface area contributed by atoms with Gasteiger partial charge in [0.2, 0.25) is 5.91 Å². The number of carbonyl (C=O) groups is 1. The molecule has 2 unspecified atom stereocenters. The van der Waals surface area contributed by atoms with Crippen LogP contribution in [0.3, 0.4) is 0 Å². The van der Waals surface area contributed by atoms with E-state index in [0.717, 1.165) is 44.9 Å². The molecule has 0 spiro atoms. The predicted octanol–water partition coefficient (Wildman–Crippen LogP) is 17.2. The van der Waals surface area contributed by atoms with E-state index in [2.05, 4.69) is 67.8 Å². The Labute approximate surface area is 375 Å². The van der Waals surface area contributed by atoms with Crippen molar-refractivity contribution in [1.82, 2.24) is 5.32 Å². The number of allylic oxidation sites excluding steroid dienone is 9. The van der Waals surface area contributed by atoms with Crippen LogP contribution in [0.1, 0.15) is 271 Å². The van der Waals surface area contributed by atoms with Gasteiger partial charge in [-0.1, -0.05) is 254 Å². The van der Waals surface area contributed by atoms with Gasteiger partial charge < -0.3 is 15.5 Å². The summed E-state index contributed by atoms with van der Waals surface area (Å²) < 4.78 is 0. The fraction of sp³-hybridized carbons (Fsp3) is 0.804. The molecule has 60 heavy (non-hydrogen) atoms. The Bertz CT molecular complexity index is 996. The monoisotopic (exact) mass is 838 g/mol. The van der Waals surface area contributed by atoms with Gasteiger partial charge in [-0.05, 0) is 70.6 Å². The Morgan fingerprint density at radius 2 is 0.700 bits per heavy atom. The van der Waals surface area contributed by atoms with Crippen molar-refractivity contribution in [3.05, 3.63) is 60.8 Å². The molecule has 0 aromatic rings. The highest BCUT2D eigenvalue weighted by atomic mass is 16.3. The lowest BCUT2D eigenvalue weighted by Crippen LogP contribution is -2.45. The normalized spacial score (nSPS) is 13.3. The summed E-state index contributed by atoms with van der Waals surface area (Å²) in [4.78, 5) is 12.4. The van der Waals surface area contributed by atoms with Crippen molar-refractivity contribution in [3.63, 3.8) is 0 Å². The lowest BCUT2D eigenvalue weighted by Gasteiger charge is -2.19. The highest BCUT2D eigenvalue weighted by Gasteiger charge is 2.17. The lowest BCUT2D eigenvalue weighted by molar-refractivity contribution is -0.123. The molecule has 0 aromatic carbocycles. The fourth-order valence-corrected chi connectivity index (χ4v) is 7.91. The standard InChI is InChI=1S/C56H103NO3/c1-3-5-7-9-11-13-15-17-19-21-23-25-27-28-30-32-34-36-38-40-42-44-46-48-50-52-56(60)57-54(53-58)55(59)51-49-47-45-43-41-39-37-35-33-31-29-26-24-22-20-18-16-14-12-10-8-6-4-2/h15,17,21,23,27-28,41,43,49,51,54-55,58-59H,3-14,16,18-20,22,24-26,29-40,42,44-48,50,52-53H2,1-2H3,(H,57,60)/b17-15-,23-21-,28-27-,43-41+,51-49+. The van der Waals surface area contributed by atoms with Gasteiger partial charge in [-0.25, -0.2) is 0 Å². The Morgan fingerprint density at radius 3 is 1.08 bits per heavy atom. The first-order valence-corrected chi connectivity index (χ1v) is 26.5. The van der Waals surface area contributed by atoms with Gasteiger partial charge in [0.05, 0.1) is 18.8 Å². The number of aliphatic hydroxyl groups excluding tert-OH is 2. The van der Waals surface area contributed by atoms with Crippen LogP contribution < -0.4 is 5.32 Å². The second kappa shape index (κ2) is 51.4. The maximum absolute atomic E-state index is 12.4. The van der Waals surface area contributed by atoms with E-state index >= 15 is 0 Å². The van der Waals surface area contributed by atoms with Gasteiger partial charge in [-0.3, -0.25) is 4.79 Å². The maximum Gasteiger partial charge on any atom is 0.220 e. The molecule has 4 nitrogen and oxygen atoms in total. The molecule has 0 aliphatic rings. The number of nitrogens with one attached hydrogen (secondary N) is 1. The van der Waals surface area contributed by atoms with Crippen LogP contribution in [0.5, 0.6) is 0 Å². The van der Waals surface area contributed by atoms with Crippen LogP contribution in [0, 0.1) is 0 Å². The zero-order valence-corrected chi connectivity index (χ0v) is 40.2. The minimum atomic E-state index is -0.867. The summed E-state index contributed by atoms with van der Waals surface area (Å²) in [6.45, 7) is 4.30. The average Bonchev–Trinajstić information content (AvgIpc) is 3.25. The van der Waals surface area contributed by atoms with E-state index in [1.165, 1.54) is 205 Å². The molecule has 0 saturated heterocycles. The van der Waals surface area contributed by atoms with E-state index in [9.17, 15) is 15.0 Å². The van der Waals surface area contributed by atoms with Crippen molar-refractivity contribution >= 4 is 5.91 Å². The summed E-state index contributed by atoms with van der Waals surface area (Å²) >= 11 is 0. The molecule has 350 valence electrons. The summed E-state index contributed by atoms with van der Waals surface area (Å²) in [5.41, 5.74) is 0. The van der Waals surface area contributed by atoms with Gasteiger partial charge in [-0.2, -0.15) is 0 Å². The zero-order valence-electron chi connectivity index (χ0n) is 40.2. The van der Waals surface area contributed by atoms with E-state index in [-0.39, 0.29) is 12.5 Å². The molecule has 0 saturated carbocycles. The third kappa shape index (κ3) is 47.1. The van der Waals surface area contributed by atoms with Gasteiger partial charge in [0, 0.05) is 6.42 Å². The van der Waals surface area contributed by atoms with E-state index in [4.69, 9.17) is 0 Å². The van der Waals surface area contributed by atoms with Crippen molar-refractivity contribution in [2.75, 3.05) is 6.61 Å². The quantitative estimate of drug-likeness (QED) is 0.0422. The first-order valence-electron chi connectivity index (χ1n) is 26.5. The summed E-state index contributed by atoms with van der Waals surface area (Å²) in [5, 5.41) is 23.1. The molecule has 0 bridgehead atoms. The number of aliphatic hydroxyl groups is 2. The molecule has 0 aromatic heterocycles. The molecule has 4 heteroatoms. The largest absolute Gasteiger partial charge is 0.394 e.